The first-order chi connectivity index (χ1) is 9.23. The lowest BCUT2D eigenvalue weighted by molar-refractivity contribution is -0.386. The molecule has 0 aliphatic carbocycles. The van der Waals surface area contributed by atoms with E-state index in [0.29, 0.717) is 0 Å². The predicted octanol–water partition coefficient (Wildman–Crippen LogP) is 2.11. The number of nitrogens with zero attached hydrogens (tertiary/aromatic N) is 2. The van der Waals surface area contributed by atoms with Gasteiger partial charge in [-0.3, -0.25) is 10.1 Å². The van der Waals surface area contributed by atoms with Crippen molar-refractivity contribution in [2.45, 2.75) is 19.6 Å². The van der Waals surface area contributed by atoms with Crippen LogP contribution >= 0.6 is 0 Å². The summed E-state index contributed by atoms with van der Waals surface area (Å²) in [4.78, 5) is 22.0. The van der Waals surface area contributed by atoms with Gasteiger partial charge in [0, 0.05) is 24.9 Å². The van der Waals surface area contributed by atoms with Crippen LogP contribution in [0.3, 0.4) is 0 Å². The second-order valence-corrected chi connectivity index (χ2v) is 3.91. The maximum atomic E-state index is 12.2. The molecule has 0 saturated carbocycles. The number of hydrogen-bond acceptors (Lipinski definition) is 5. The van der Waals surface area contributed by atoms with Gasteiger partial charge in [-0.15, -0.1) is 0 Å². The molecule has 0 aliphatic heterocycles. The fraction of sp³-hybridized carbons (Fsp3) is 0.364. The van der Waals surface area contributed by atoms with Gasteiger partial charge in [-0.1, -0.05) is 0 Å². The third-order valence-corrected chi connectivity index (χ3v) is 2.70. The van der Waals surface area contributed by atoms with E-state index < -0.39 is 35.0 Å². The van der Waals surface area contributed by atoms with E-state index >= 15 is 0 Å². The molecule has 0 radical (unpaired) electrons. The molecule has 0 bridgehead atoms. The molecule has 1 N–H and O–H groups in total. The van der Waals surface area contributed by atoms with Gasteiger partial charge in [-0.05, 0) is 13.0 Å². The number of nitro benzene ring substituents is 1. The molecule has 7 nitrogen and oxygen atoms in total. The molecule has 1 atom stereocenters. The highest BCUT2D eigenvalue weighted by molar-refractivity contribution is 5.78. The van der Waals surface area contributed by atoms with Crippen LogP contribution in [0.4, 0.5) is 20.2 Å². The summed E-state index contributed by atoms with van der Waals surface area (Å²) in [5.41, 5.74) is -0.411. The number of carboxylic acid groups (broad SMARTS) is 1. The molecule has 0 saturated heterocycles. The molecule has 0 aromatic heterocycles. The molecule has 0 amide bonds. The van der Waals surface area contributed by atoms with Crippen LogP contribution in [0.2, 0.25) is 0 Å². The van der Waals surface area contributed by atoms with Crippen molar-refractivity contribution >= 4 is 17.3 Å². The average molecular weight is 290 g/mol. The number of benzene rings is 1. The van der Waals surface area contributed by atoms with Crippen LogP contribution in [0, 0.1) is 10.1 Å². The van der Waals surface area contributed by atoms with Crippen LogP contribution in [0.25, 0.3) is 0 Å². The number of carboxylic acids is 1. The molecule has 1 aromatic carbocycles. The number of likely N-dealkylation sites (N-methyl/N-ethyl adjacent to an activating group) is 1. The monoisotopic (exact) mass is 290 g/mol. The Morgan fingerprint density at radius 3 is 2.55 bits per heavy atom. The van der Waals surface area contributed by atoms with Crippen LogP contribution in [0.5, 0.6) is 5.75 Å². The summed E-state index contributed by atoms with van der Waals surface area (Å²) in [6.07, 6.45) is 0. The smallest absolute Gasteiger partial charge is 0.387 e. The number of anilines is 1. The number of aliphatic carboxylic acids is 1. The highest BCUT2D eigenvalue weighted by Gasteiger charge is 2.23. The third kappa shape index (κ3) is 3.53. The summed E-state index contributed by atoms with van der Waals surface area (Å²) in [5.74, 6) is -1.74. The van der Waals surface area contributed by atoms with Gasteiger partial charge < -0.3 is 14.7 Å². The zero-order chi connectivity index (χ0) is 15.4. The zero-order valence-corrected chi connectivity index (χ0v) is 10.6. The molecule has 0 spiro atoms. The molecule has 0 heterocycles. The zero-order valence-electron chi connectivity index (χ0n) is 10.6. The number of nitro groups is 1. The Balaban J connectivity index is 3.18. The highest BCUT2D eigenvalue weighted by atomic mass is 19.3. The molecule has 0 fully saturated rings. The van der Waals surface area contributed by atoms with E-state index in [-0.39, 0.29) is 5.69 Å². The summed E-state index contributed by atoms with van der Waals surface area (Å²) in [7, 11) is 1.42. The summed E-state index contributed by atoms with van der Waals surface area (Å²) in [6.45, 7) is -1.83. The Hall–Kier alpha value is -2.45. The van der Waals surface area contributed by atoms with Gasteiger partial charge in [0.05, 0.1) is 4.92 Å². The standard InChI is InChI=1S/C11H12F2N2O5/c1-6(10(16)17)14(2)7-3-4-8(15(18)19)9(5-7)20-11(12)13/h3-6,11H,1-2H3,(H,16,17). The van der Waals surface area contributed by atoms with Gasteiger partial charge in [0.15, 0.2) is 0 Å². The lowest BCUT2D eigenvalue weighted by Crippen LogP contribution is -2.35. The second-order valence-electron chi connectivity index (χ2n) is 3.91. The van der Waals surface area contributed by atoms with E-state index in [9.17, 15) is 23.7 Å². The molecule has 1 unspecified atom stereocenters. The van der Waals surface area contributed by atoms with Gasteiger partial charge >= 0.3 is 18.3 Å². The summed E-state index contributed by atoms with van der Waals surface area (Å²) in [6, 6.07) is 2.31. The fourth-order valence-electron chi connectivity index (χ4n) is 1.45. The van der Waals surface area contributed by atoms with Gasteiger partial charge in [0.2, 0.25) is 5.75 Å². The topological polar surface area (TPSA) is 92.9 Å². The van der Waals surface area contributed by atoms with E-state index in [4.69, 9.17) is 5.11 Å². The third-order valence-electron chi connectivity index (χ3n) is 2.70. The Kier molecular flexibility index (Phi) is 4.78. The number of hydrogen-bond donors (Lipinski definition) is 1. The number of carbonyl (C=O) groups is 1. The van der Waals surface area contributed by atoms with Crippen LogP contribution in [0.1, 0.15) is 6.92 Å². The molecule has 1 rings (SSSR count). The average Bonchev–Trinajstić information content (AvgIpc) is 2.35. The van der Waals surface area contributed by atoms with Crippen molar-refractivity contribution in [2.75, 3.05) is 11.9 Å². The Bertz CT molecular complexity index is 524. The highest BCUT2D eigenvalue weighted by Crippen LogP contribution is 2.33. The van der Waals surface area contributed by atoms with Gasteiger partial charge in [0.1, 0.15) is 6.04 Å². The van der Waals surface area contributed by atoms with Crippen LogP contribution in [0.15, 0.2) is 18.2 Å². The predicted molar refractivity (Wildman–Crippen MR) is 65.2 cm³/mol. The SMILES string of the molecule is CC(C(=O)O)N(C)c1ccc([N+](=O)[O-])c(OC(F)F)c1. The normalized spacial score (nSPS) is 12.1. The maximum absolute atomic E-state index is 12.2. The molecule has 20 heavy (non-hydrogen) atoms. The van der Waals surface area contributed by atoms with Crippen molar-refractivity contribution in [3.05, 3.63) is 28.3 Å². The van der Waals surface area contributed by atoms with Gasteiger partial charge in [-0.2, -0.15) is 8.78 Å². The first kappa shape index (κ1) is 15.6. The fourth-order valence-corrected chi connectivity index (χ4v) is 1.45. The van der Waals surface area contributed by atoms with Crippen molar-refractivity contribution in [3.63, 3.8) is 0 Å². The number of ether oxygens (including phenoxy) is 1. The number of alkyl halides is 2. The van der Waals surface area contributed by atoms with Gasteiger partial charge in [-0.25, -0.2) is 4.79 Å². The van der Waals surface area contributed by atoms with Crippen molar-refractivity contribution in [3.8, 4) is 5.75 Å². The maximum Gasteiger partial charge on any atom is 0.387 e. The molecule has 110 valence electrons. The van der Waals surface area contributed by atoms with Crippen LogP contribution in [-0.2, 0) is 4.79 Å². The number of halogens is 2. The largest absolute Gasteiger partial charge is 0.480 e. The van der Waals surface area contributed by atoms with Crippen molar-refractivity contribution in [2.24, 2.45) is 0 Å². The first-order valence-corrected chi connectivity index (χ1v) is 5.43. The van der Waals surface area contributed by atoms with Crippen LogP contribution < -0.4 is 9.64 Å². The lowest BCUT2D eigenvalue weighted by atomic mass is 10.2. The summed E-state index contributed by atoms with van der Waals surface area (Å²) < 4.78 is 28.6. The minimum atomic E-state index is -3.22. The van der Waals surface area contributed by atoms with E-state index in [1.165, 1.54) is 24.9 Å². The molecule has 9 heteroatoms. The van der Waals surface area contributed by atoms with Gasteiger partial charge in [0.25, 0.3) is 0 Å². The quantitative estimate of drug-likeness (QED) is 0.637. The molecular formula is C11H12F2N2O5. The minimum Gasteiger partial charge on any atom is -0.480 e. The summed E-state index contributed by atoms with van der Waals surface area (Å²) >= 11 is 0. The molecule has 0 aliphatic rings. The Labute approximate surface area is 112 Å². The van der Waals surface area contributed by atoms with E-state index in [0.717, 1.165) is 12.1 Å². The Morgan fingerprint density at radius 1 is 1.50 bits per heavy atom. The Morgan fingerprint density at radius 2 is 2.10 bits per heavy atom. The van der Waals surface area contributed by atoms with E-state index in [1.54, 1.807) is 0 Å². The molecule has 1 aromatic rings. The summed E-state index contributed by atoms with van der Waals surface area (Å²) in [5, 5.41) is 19.6. The van der Waals surface area contributed by atoms with Crippen LogP contribution in [-0.4, -0.2) is 35.7 Å². The molecular weight excluding hydrogens is 278 g/mol. The van der Waals surface area contributed by atoms with Crippen molar-refractivity contribution < 1.29 is 28.3 Å². The van der Waals surface area contributed by atoms with Crippen molar-refractivity contribution in [1.29, 1.82) is 0 Å². The first-order valence-electron chi connectivity index (χ1n) is 5.43. The van der Waals surface area contributed by atoms with E-state index in [1.807, 2.05) is 0 Å². The lowest BCUT2D eigenvalue weighted by Gasteiger charge is -2.24. The second kappa shape index (κ2) is 6.13. The van der Waals surface area contributed by atoms with Crippen molar-refractivity contribution in [1.82, 2.24) is 0 Å². The van der Waals surface area contributed by atoms with E-state index in [2.05, 4.69) is 4.74 Å². The number of rotatable bonds is 6. The minimum absolute atomic E-state index is 0.209.